The second-order valence-electron chi connectivity index (χ2n) is 4.75. The first-order valence-corrected chi connectivity index (χ1v) is 6.43. The number of rotatable bonds is 5. The molecular weight excluding hydrogens is 214 g/mol. The predicted molar refractivity (Wildman–Crippen MR) is 67.5 cm³/mol. The Hall–Kier alpha value is -1.29. The smallest absolute Gasteiger partial charge is 0.220 e. The van der Waals surface area contributed by atoms with E-state index in [0.717, 1.165) is 25.1 Å². The SMILES string of the molecule is O=C(CCC1CCCNC1)NCc1cc[nH]c1. The zero-order chi connectivity index (χ0) is 11.9. The minimum Gasteiger partial charge on any atom is -0.367 e. The van der Waals surface area contributed by atoms with Crippen molar-refractivity contribution in [1.82, 2.24) is 15.6 Å². The highest BCUT2D eigenvalue weighted by Gasteiger charge is 2.14. The molecule has 4 heteroatoms. The fourth-order valence-electron chi connectivity index (χ4n) is 2.26. The molecule has 0 aromatic carbocycles. The Balaban J connectivity index is 1.60. The Kier molecular flexibility index (Phi) is 4.62. The summed E-state index contributed by atoms with van der Waals surface area (Å²) in [6.45, 7) is 2.84. The molecule has 0 aliphatic carbocycles. The highest BCUT2D eigenvalue weighted by atomic mass is 16.1. The number of aromatic nitrogens is 1. The van der Waals surface area contributed by atoms with Gasteiger partial charge in [0.15, 0.2) is 0 Å². The quantitative estimate of drug-likeness (QED) is 0.722. The normalized spacial score (nSPS) is 20.1. The van der Waals surface area contributed by atoms with Crippen molar-refractivity contribution in [2.45, 2.75) is 32.2 Å². The second-order valence-corrected chi connectivity index (χ2v) is 4.75. The number of piperidine rings is 1. The van der Waals surface area contributed by atoms with Crippen molar-refractivity contribution in [3.8, 4) is 0 Å². The maximum absolute atomic E-state index is 11.6. The van der Waals surface area contributed by atoms with Crippen LogP contribution in [0.2, 0.25) is 0 Å². The Morgan fingerprint density at radius 3 is 3.18 bits per heavy atom. The van der Waals surface area contributed by atoms with Crippen LogP contribution in [0.1, 0.15) is 31.2 Å². The first kappa shape index (κ1) is 12.2. The summed E-state index contributed by atoms with van der Waals surface area (Å²) in [5.74, 6) is 0.846. The van der Waals surface area contributed by atoms with Gasteiger partial charge in [0.25, 0.3) is 0 Å². The van der Waals surface area contributed by atoms with Gasteiger partial charge in [-0.3, -0.25) is 4.79 Å². The topological polar surface area (TPSA) is 56.9 Å². The monoisotopic (exact) mass is 235 g/mol. The first-order valence-electron chi connectivity index (χ1n) is 6.43. The molecule has 0 bridgehead atoms. The summed E-state index contributed by atoms with van der Waals surface area (Å²) in [5, 5.41) is 6.32. The van der Waals surface area contributed by atoms with E-state index in [9.17, 15) is 4.79 Å². The van der Waals surface area contributed by atoms with Crippen LogP contribution in [-0.2, 0) is 11.3 Å². The van der Waals surface area contributed by atoms with E-state index >= 15 is 0 Å². The van der Waals surface area contributed by atoms with E-state index < -0.39 is 0 Å². The molecule has 2 heterocycles. The fraction of sp³-hybridized carbons (Fsp3) is 0.615. The van der Waals surface area contributed by atoms with Crippen molar-refractivity contribution in [2.24, 2.45) is 5.92 Å². The van der Waals surface area contributed by atoms with Gasteiger partial charge in [0.1, 0.15) is 0 Å². The number of nitrogens with one attached hydrogen (secondary N) is 3. The van der Waals surface area contributed by atoms with Crippen LogP contribution < -0.4 is 10.6 Å². The maximum atomic E-state index is 11.6. The first-order chi connectivity index (χ1) is 8.34. The molecule has 0 radical (unpaired) electrons. The number of hydrogen-bond acceptors (Lipinski definition) is 2. The molecule has 1 atom stereocenters. The van der Waals surface area contributed by atoms with E-state index in [0.29, 0.717) is 18.9 Å². The van der Waals surface area contributed by atoms with Gasteiger partial charge in [-0.05, 0) is 49.9 Å². The van der Waals surface area contributed by atoms with Crippen molar-refractivity contribution in [2.75, 3.05) is 13.1 Å². The third-order valence-corrected chi connectivity index (χ3v) is 3.33. The third-order valence-electron chi connectivity index (χ3n) is 3.33. The summed E-state index contributed by atoms with van der Waals surface area (Å²) < 4.78 is 0. The van der Waals surface area contributed by atoms with Crippen LogP contribution in [0.4, 0.5) is 0 Å². The van der Waals surface area contributed by atoms with Gasteiger partial charge in [0.2, 0.25) is 5.91 Å². The van der Waals surface area contributed by atoms with Crippen molar-refractivity contribution in [3.63, 3.8) is 0 Å². The molecule has 1 aliphatic heterocycles. The standard InChI is InChI=1S/C13H21N3O/c17-13(16-10-12-5-7-15-9-12)4-3-11-2-1-6-14-8-11/h5,7,9,11,14-15H,1-4,6,8,10H2,(H,16,17). The lowest BCUT2D eigenvalue weighted by molar-refractivity contribution is -0.121. The minimum absolute atomic E-state index is 0.164. The van der Waals surface area contributed by atoms with Crippen molar-refractivity contribution >= 4 is 5.91 Å². The third kappa shape index (κ3) is 4.23. The molecule has 2 rings (SSSR count). The molecule has 1 aromatic heterocycles. The molecule has 1 aromatic rings. The van der Waals surface area contributed by atoms with Crippen molar-refractivity contribution in [3.05, 3.63) is 24.0 Å². The van der Waals surface area contributed by atoms with Gasteiger partial charge in [-0.1, -0.05) is 0 Å². The highest BCUT2D eigenvalue weighted by molar-refractivity contribution is 5.75. The Morgan fingerprint density at radius 1 is 1.53 bits per heavy atom. The van der Waals surface area contributed by atoms with Crippen molar-refractivity contribution in [1.29, 1.82) is 0 Å². The molecule has 1 fully saturated rings. The van der Waals surface area contributed by atoms with Crippen molar-refractivity contribution < 1.29 is 4.79 Å². The van der Waals surface area contributed by atoms with Crippen LogP contribution in [0.3, 0.4) is 0 Å². The number of hydrogen-bond donors (Lipinski definition) is 3. The van der Waals surface area contributed by atoms with Gasteiger partial charge in [-0.15, -0.1) is 0 Å². The molecule has 0 saturated carbocycles. The lowest BCUT2D eigenvalue weighted by atomic mass is 9.94. The molecule has 1 aliphatic rings. The number of carbonyl (C=O) groups excluding carboxylic acids is 1. The number of carbonyl (C=O) groups is 1. The summed E-state index contributed by atoms with van der Waals surface area (Å²) in [6, 6.07) is 1.98. The summed E-state index contributed by atoms with van der Waals surface area (Å²) in [5.41, 5.74) is 1.12. The van der Waals surface area contributed by atoms with Crippen LogP contribution in [-0.4, -0.2) is 24.0 Å². The van der Waals surface area contributed by atoms with Crippen LogP contribution in [0.5, 0.6) is 0 Å². The highest BCUT2D eigenvalue weighted by Crippen LogP contribution is 2.15. The van der Waals surface area contributed by atoms with Gasteiger partial charge in [0.05, 0.1) is 0 Å². The Labute approximate surface area is 102 Å². The van der Waals surface area contributed by atoms with Gasteiger partial charge >= 0.3 is 0 Å². The van der Waals surface area contributed by atoms with E-state index in [1.165, 1.54) is 12.8 Å². The number of amides is 1. The average Bonchev–Trinajstić information content (AvgIpc) is 2.88. The molecule has 3 N–H and O–H groups in total. The van der Waals surface area contributed by atoms with E-state index in [-0.39, 0.29) is 5.91 Å². The van der Waals surface area contributed by atoms with Gasteiger partial charge in [-0.25, -0.2) is 0 Å². The van der Waals surface area contributed by atoms with E-state index in [4.69, 9.17) is 0 Å². The summed E-state index contributed by atoms with van der Waals surface area (Å²) in [6.07, 6.45) is 7.94. The summed E-state index contributed by atoms with van der Waals surface area (Å²) >= 11 is 0. The summed E-state index contributed by atoms with van der Waals surface area (Å²) in [7, 11) is 0. The van der Waals surface area contributed by atoms with Crippen LogP contribution in [0.15, 0.2) is 18.5 Å². The largest absolute Gasteiger partial charge is 0.367 e. The predicted octanol–water partition coefficient (Wildman–Crippen LogP) is 1.41. The molecule has 17 heavy (non-hydrogen) atoms. The maximum Gasteiger partial charge on any atom is 0.220 e. The van der Waals surface area contributed by atoms with Crippen LogP contribution >= 0.6 is 0 Å². The van der Waals surface area contributed by atoms with E-state index in [1.807, 2.05) is 18.5 Å². The minimum atomic E-state index is 0.164. The van der Waals surface area contributed by atoms with Crippen LogP contribution in [0, 0.1) is 5.92 Å². The fourth-order valence-corrected chi connectivity index (χ4v) is 2.26. The zero-order valence-corrected chi connectivity index (χ0v) is 10.2. The van der Waals surface area contributed by atoms with Gasteiger partial charge in [0, 0.05) is 25.4 Å². The second kappa shape index (κ2) is 6.45. The Morgan fingerprint density at radius 2 is 2.47 bits per heavy atom. The molecule has 94 valence electrons. The molecular formula is C13H21N3O. The lowest BCUT2D eigenvalue weighted by Gasteiger charge is -2.22. The average molecular weight is 235 g/mol. The number of H-pyrrole nitrogens is 1. The molecule has 1 unspecified atom stereocenters. The number of aromatic amines is 1. The zero-order valence-electron chi connectivity index (χ0n) is 10.2. The van der Waals surface area contributed by atoms with Crippen LogP contribution in [0.25, 0.3) is 0 Å². The van der Waals surface area contributed by atoms with Gasteiger partial charge < -0.3 is 15.6 Å². The Bertz CT molecular complexity index is 328. The van der Waals surface area contributed by atoms with E-state index in [2.05, 4.69) is 15.6 Å². The van der Waals surface area contributed by atoms with Gasteiger partial charge in [-0.2, -0.15) is 0 Å². The summed E-state index contributed by atoms with van der Waals surface area (Å²) in [4.78, 5) is 14.6. The van der Waals surface area contributed by atoms with E-state index in [1.54, 1.807) is 0 Å². The molecule has 1 amide bonds. The molecule has 4 nitrogen and oxygen atoms in total. The molecule has 0 spiro atoms. The lowest BCUT2D eigenvalue weighted by Crippen LogP contribution is -2.31. The molecule has 1 saturated heterocycles.